The van der Waals surface area contributed by atoms with E-state index in [9.17, 15) is 20.1 Å². The highest BCUT2D eigenvalue weighted by molar-refractivity contribution is 5.69. The number of unbranched alkanes of at least 4 members (excludes halogenated alkanes) is 24. The van der Waals surface area contributed by atoms with Crippen molar-refractivity contribution in [3.8, 4) is 0 Å². The molecule has 0 bridgehead atoms. The van der Waals surface area contributed by atoms with E-state index in [1.54, 1.807) is 0 Å². The van der Waals surface area contributed by atoms with Gasteiger partial charge in [0, 0.05) is 6.42 Å². The van der Waals surface area contributed by atoms with Crippen LogP contribution in [-0.2, 0) is 28.5 Å². The number of aliphatic hydroxyl groups excluding tert-OH is 3. The highest BCUT2D eigenvalue weighted by Crippen LogP contribution is 2.30. The van der Waals surface area contributed by atoms with Crippen LogP contribution in [0.5, 0.6) is 0 Å². The van der Waals surface area contributed by atoms with E-state index >= 15 is 0 Å². The molecular formula is C41H78O9. The fraction of sp³-hybridized carbons (Fsp3) is 0.976. The van der Waals surface area contributed by atoms with E-state index in [4.69, 9.17) is 23.7 Å². The Balaban J connectivity index is 1.43. The molecule has 0 aliphatic carbocycles. The molecule has 2 aliphatic heterocycles. The summed E-state index contributed by atoms with van der Waals surface area (Å²) in [5.74, 6) is -0.331. The van der Waals surface area contributed by atoms with E-state index in [-0.39, 0.29) is 32.1 Å². The summed E-state index contributed by atoms with van der Waals surface area (Å²) in [4.78, 5) is 12.0. The fourth-order valence-electron chi connectivity index (χ4n) is 7.05. The third-order valence-corrected chi connectivity index (χ3v) is 10.3. The zero-order valence-electron chi connectivity index (χ0n) is 32.3. The summed E-state index contributed by atoms with van der Waals surface area (Å²) in [6, 6.07) is 0. The summed E-state index contributed by atoms with van der Waals surface area (Å²) in [6.07, 6.45) is 28.2. The number of carbonyl (C=O) groups is 1. The first kappa shape index (κ1) is 45.3. The normalized spacial score (nSPS) is 24.3. The zero-order chi connectivity index (χ0) is 36.1. The molecule has 50 heavy (non-hydrogen) atoms. The van der Waals surface area contributed by atoms with Gasteiger partial charge in [0.2, 0.25) is 0 Å². The summed E-state index contributed by atoms with van der Waals surface area (Å²) in [6.45, 7) is 4.39. The van der Waals surface area contributed by atoms with Crippen molar-refractivity contribution < 1.29 is 43.8 Å². The molecule has 0 unspecified atom stereocenters. The molecule has 2 fully saturated rings. The fourth-order valence-corrected chi connectivity index (χ4v) is 7.05. The highest BCUT2D eigenvalue weighted by Gasteiger charge is 2.49. The van der Waals surface area contributed by atoms with Crippen molar-refractivity contribution in [2.45, 2.75) is 237 Å². The first-order valence-electron chi connectivity index (χ1n) is 21.2. The average molecular weight is 715 g/mol. The smallest absolute Gasteiger partial charge is 0.305 e. The Morgan fingerprint density at radius 2 is 1.08 bits per heavy atom. The lowest BCUT2D eigenvalue weighted by molar-refractivity contribution is -0.195. The molecule has 2 rings (SSSR count). The van der Waals surface area contributed by atoms with E-state index in [1.165, 1.54) is 135 Å². The third kappa shape index (κ3) is 21.7. The van der Waals surface area contributed by atoms with Gasteiger partial charge in [-0.3, -0.25) is 4.79 Å². The van der Waals surface area contributed by atoms with Gasteiger partial charge in [-0.05, 0) is 19.3 Å². The monoisotopic (exact) mass is 715 g/mol. The molecule has 2 aliphatic rings. The van der Waals surface area contributed by atoms with E-state index in [0.717, 1.165) is 38.5 Å². The van der Waals surface area contributed by atoms with Crippen LogP contribution in [0.4, 0.5) is 0 Å². The van der Waals surface area contributed by atoms with Gasteiger partial charge >= 0.3 is 5.97 Å². The summed E-state index contributed by atoms with van der Waals surface area (Å²) < 4.78 is 28.4. The van der Waals surface area contributed by atoms with Gasteiger partial charge < -0.3 is 39.0 Å². The highest BCUT2D eigenvalue weighted by atomic mass is 16.8. The Kier molecular flexibility index (Phi) is 27.8. The van der Waals surface area contributed by atoms with Crippen LogP contribution in [0.1, 0.15) is 194 Å². The Morgan fingerprint density at radius 1 is 0.620 bits per heavy atom. The molecular weight excluding hydrogens is 636 g/mol. The molecule has 0 aromatic carbocycles. The van der Waals surface area contributed by atoms with Crippen LogP contribution >= 0.6 is 0 Å². The predicted molar refractivity (Wildman–Crippen MR) is 199 cm³/mol. The quantitative estimate of drug-likeness (QED) is 0.0442. The maximum atomic E-state index is 12.0. The molecule has 3 N–H and O–H groups in total. The lowest BCUT2D eigenvalue weighted by Crippen LogP contribution is -2.40. The van der Waals surface area contributed by atoms with E-state index in [1.807, 2.05) is 0 Å². The number of aliphatic hydroxyl groups is 3. The zero-order valence-corrected chi connectivity index (χ0v) is 32.3. The SMILES string of the molecule is CCCCCCCCCCCCCCCCCCC[C@H]1OC[C@H]([C@@H]2O[C@@H](OC[C@H](O)COC(=O)CCCCCCCCCCC)[C@H](O)[C@H]2O)O1. The number of hydrogen-bond donors (Lipinski definition) is 3. The summed E-state index contributed by atoms with van der Waals surface area (Å²) in [7, 11) is 0. The first-order valence-corrected chi connectivity index (χ1v) is 21.2. The van der Waals surface area contributed by atoms with Crippen LogP contribution in [-0.4, -0.2) is 84.2 Å². The topological polar surface area (TPSA) is 124 Å². The molecule has 0 aromatic heterocycles. The maximum absolute atomic E-state index is 12.0. The number of esters is 1. The van der Waals surface area contributed by atoms with Gasteiger partial charge in [-0.2, -0.15) is 0 Å². The van der Waals surface area contributed by atoms with Crippen LogP contribution in [0.3, 0.4) is 0 Å². The lowest BCUT2D eigenvalue weighted by Gasteiger charge is -2.20. The van der Waals surface area contributed by atoms with Crippen LogP contribution in [0, 0.1) is 0 Å². The predicted octanol–water partition coefficient (Wildman–Crippen LogP) is 9.06. The van der Waals surface area contributed by atoms with Gasteiger partial charge in [-0.15, -0.1) is 0 Å². The number of ether oxygens (including phenoxy) is 5. The summed E-state index contributed by atoms with van der Waals surface area (Å²) in [5, 5.41) is 31.4. The Labute approximate surface area is 305 Å². The van der Waals surface area contributed by atoms with Crippen molar-refractivity contribution in [2.75, 3.05) is 19.8 Å². The van der Waals surface area contributed by atoms with Crippen molar-refractivity contribution in [1.82, 2.24) is 0 Å². The van der Waals surface area contributed by atoms with Gasteiger partial charge in [0.25, 0.3) is 0 Å². The van der Waals surface area contributed by atoms with Crippen molar-refractivity contribution in [3.05, 3.63) is 0 Å². The van der Waals surface area contributed by atoms with Gasteiger partial charge in [-0.25, -0.2) is 0 Å². The van der Waals surface area contributed by atoms with Crippen LogP contribution in [0.15, 0.2) is 0 Å². The second-order valence-corrected chi connectivity index (χ2v) is 15.1. The molecule has 0 aromatic rings. The molecule has 0 amide bonds. The minimum Gasteiger partial charge on any atom is -0.463 e. The Bertz CT molecular complexity index is 783. The average Bonchev–Trinajstić information content (AvgIpc) is 3.70. The van der Waals surface area contributed by atoms with Crippen molar-refractivity contribution in [3.63, 3.8) is 0 Å². The van der Waals surface area contributed by atoms with Crippen LogP contribution < -0.4 is 0 Å². The standard InChI is InChI=1S/C41H78O9/c1-3-5-7-9-11-13-14-15-16-17-18-19-20-22-24-26-28-30-37-47-33-35(49-37)40-38(44)39(45)41(50-40)48-32-34(42)31-46-36(43)29-27-25-23-21-12-10-8-6-4-2/h34-35,37-42,44-45H,3-33H2,1-2H3/t34-,35-,37+,38-,39-,40+,41-/m1/s1. The molecule has 0 radical (unpaired) electrons. The minimum atomic E-state index is -1.28. The molecule has 7 atom stereocenters. The molecule has 2 saturated heterocycles. The van der Waals surface area contributed by atoms with E-state index in [2.05, 4.69) is 13.8 Å². The Hall–Kier alpha value is -0.810. The van der Waals surface area contributed by atoms with Crippen molar-refractivity contribution in [1.29, 1.82) is 0 Å². The van der Waals surface area contributed by atoms with Crippen LogP contribution in [0.25, 0.3) is 0 Å². The lowest BCUT2D eigenvalue weighted by atomic mass is 10.0. The molecule has 9 heteroatoms. The number of rotatable bonds is 34. The van der Waals surface area contributed by atoms with Gasteiger partial charge in [-0.1, -0.05) is 168 Å². The molecule has 296 valence electrons. The number of carbonyl (C=O) groups excluding carboxylic acids is 1. The van der Waals surface area contributed by atoms with Gasteiger partial charge in [0.15, 0.2) is 12.6 Å². The number of hydrogen-bond acceptors (Lipinski definition) is 9. The van der Waals surface area contributed by atoms with Gasteiger partial charge in [0.1, 0.15) is 37.1 Å². The van der Waals surface area contributed by atoms with Crippen molar-refractivity contribution >= 4 is 5.97 Å². The third-order valence-electron chi connectivity index (χ3n) is 10.3. The van der Waals surface area contributed by atoms with Crippen LogP contribution in [0.2, 0.25) is 0 Å². The largest absolute Gasteiger partial charge is 0.463 e. The first-order chi connectivity index (χ1) is 24.5. The summed E-state index contributed by atoms with van der Waals surface area (Å²) >= 11 is 0. The maximum Gasteiger partial charge on any atom is 0.305 e. The molecule has 0 saturated carbocycles. The minimum absolute atomic E-state index is 0.189. The molecule has 0 spiro atoms. The molecule has 9 nitrogen and oxygen atoms in total. The van der Waals surface area contributed by atoms with E-state index < -0.39 is 36.8 Å². The second-order valence-electron chi connectivity index (χ2n) is 15.1. The van der Waals surface area contributed by atoms with Gasteiger partial charge in [0.05, 0.1) is 13.2 Å². The van der Waals surface area contributed by atoms with E-state index in [0.29, 0.717) is 6.42 Å². The molecule has 2 heterocycles. The summed E-state index contributed by atoms with van der Waals surface area (Å²) in [5.41, 5.74) is 0. The Morgan fingerprint density at radius 3 is 1.58 bits per heavy atom. The van der Waals surface area contributed by atoms with Crippen molar-refractivity contribution in [2.24, 2.45) is 0 Å². The second kappa shape index (κ2) is 30.6.